The lowest BCUT2D eigenvalue weighted by Gasteiger charge is -2.06. The molecule has 0 bridgehead atoms. The Morgan fingerprint density at radius 1 is 1.00 bits per heavy atom. The van der Waals surface area contributed by atoms with E-state index in [9.17, 15) is 29.8 Å². The van der Waals surface area contributed by atoms with Crippen LogP contribution in [0.15, 0.2) is 0 Å². The largest absolute Gasteiger partial charge is 0.649 e. The standard InChI is InChI=1S/C3H2N2O8/c6-1(7)3(2(8)9,4(10)11)5(12)13/h(H,6,7)(H,8,9). The summed E-state index contributed by atoms with van der Waals surface area (Å²) >= 11 is 0. The van der Waals surface area contributed by atoms with Crippen LogP contribution in [-0.2, 0) is 9.59 Å². The second-order valence-corrected chi connectivity index (χ2v) is 1.80. The van der Waals surface area contributed by atoms with Crippen LogP contribution in [0, 0.1) is 20.2 Å². The Bertz CT molecular complexity index is 232. The zero-order chi connectivity index (χ0) is 10.8. The normalized spacial score (nSPS) is 10.5. The summed E-state index contributed by atoms with van der Waals surface area (Å²) in [4.78, 5) is 36.1. The van der Waals surface area contributed by atoms with Gasteiger partial charge < -0.3 is 10.2 Å². The SMILES string of the molecule is O=C(O)C(C(=O)O)([N+](=O)[O-])[N+](=O)[O-]. The Morgan fingerprint density at radius 2 is 1.23 bits per heavy atom. The maximum absolute atomic E-state index is 10.1. The number of carbonyl (C=O) groups is 2. The third kappa shape index (κ3) is 1.23. The Morgan fingerprint density at radius 3 is 1.23 bits per heavy atom. The third-order valence-electron chi connectivity index (χ3n) is 1.12. The van der Waals surface area contributed by atoms with Crippen LogP contribution >= 0.6 is 0 Å². The first-order chi connectivity index (χ1) is 5.77. The van der Waals surface area contributed by atoms with Crippen LogP contribution in [-0.4, -0.2) is 37.7 Å². The number of aliphatic carboxylic acids is 2. The molecule has 0 aromatic heterocycles. The summed E-state index contributed by atoms with van der Waals surface area (Å²) in [5.74, 6) is -5.31. The van der Waals surface area contributed by atoms with Crippen LogP contribution in [0.2, 0.25) is 0 Å². The fraction of sp³-hybridized carbons (Fsp3) is 0.333. The van der Waals surface area contributed by atoms with E-state index >= 15 is 0 Å². The van der Waals surface area contributed by atoms with Crippen molar-refractivity contribution in [1.29, 1.82) is 0 Å². The molecule has 0 radical (unpaired) electrons. The molecule has 0 atom stereocenters. The molecular weight excluding hydrogens is 192 g/mol. The van der Waals surface area contributed by atoms with E-state index in [2.05, 4.69) is 0 Å². The minimum absolute atomic E-state index is 1.99. The molecule has 0 heterocycles. The van der Waals surface area contributed by atoms with E-state index in [1.165, 1.54) is 0 Å². The van der Waals surface area contributed by atoms with E-state index in [0.717, 1.165) is 0 Å². The highest BCUT2D eigenvalue weighted by molar-refractivity contribution is 5.99. The van der Waals surface area contributed by atoms with E-state index in [0.29, 0.717) is 0 Å². The molecule has 0 amide bonds. The van der Waals surface area contributed by atoms with Gasteiger partial charge in [-0.05, 0) is 0 Å². The smallest absolute Gasteiger partial charge is 0.470 e. The third-order valence-corrected chi connectivity index (χ3v) is 1.12. The van der Waals surface area contributed by atoms with Crippen LogP contribution in [0.1, 0.15) is 0 Å². The molecule has 0 aliphatic carbocycles. The molecule has 0 aliphatic rings. The summed E-state index contributed by atoms with van der Waals surface area (Å²) in [6.07, 6.45) is 0. The molecule has 10 nitrogen and oxygen atoms in total. The monoisotopic (exact) mass is 194 g/mol. The Kier molecular flexibility index (Phi) is 2.48. The second-order valence-electron chi connectivity index (χ2n) is 1.80. The predicted molar refractivity (Wildman–Crippen MR) is 32.0 cm³/mol. The average Bonchev–Trinajstić information content (AvgIpc) is 1.82. The van der Waals surface area contributed by atoms with Crippen LogP contribution in [0.5, 0.6) is 0 Å². The maximum Gasteiger partial charge on any atom is 0.649 e. The minimum atomic E-state index is -4.22. The molecule has 0 spiro atoms. The highest BCUT2D eigenvalue weighted by Gasteiger charge is 2.73. The first-order valence-electron chi connectivity index (χ1n) is 2.53. The molecule has 0 unspecified atom stereocenters. The van der Waals surface area contributed by atoms with Crippen molar-refractivity contribution < 1.29 is 29.6 Å². The molecule has 2 N–H and O–H groups in total. The van der Waals surface area contributed by atoms with Gasteiger partial charge in [0.1, 0.15) is 9.85 Å². The number of carboxylic acids is 2. The van der Waals surface area contributed by atoms with E-state index < -0.39 is 27.4 Å². The fourth-order valence-electron chi connectivity index (χ4n) is 0.471. The van der Waals surface area contributed by atoms with Crippen molar-refractivity contribution in [3.8, 4) is 0 Å². The van der Waals surface area contributed by atoms with Gasteiger partial charge in [-0.1, -0.05) is 0 Å². The number of nitrogens with zero attached hydrogens (tertiary/aromatic N) is 2. The molecular formula is C3H2N2O8. The molecule has 0 rings (SSSR count). The average molecular weight is 194 g/mol. The van der Waals surface area contributed by atoms with Gasteiger partial charge in [-0.15, -0.1) is 0 Å². The van der Waals surface area contributed by atoms with E-state index in [4.69, 9.17) is 10.2 Å². The van der Waals surface area contributed by atoms with Crippen molar-refractivity contribution in [2.45, 2.75) is 5.66 Å². The van der Waals surface area contributed by atoms with Crippen molar-refractivity contribution in [3.63, 3.8) is 0 Å². The molecule has 0 saturated heterocycles. The van der Waals surface area contributed by atoms with Gasteiger partial charge in [-0.25, -0.2) is 9.59 Å². The quantitative estimate of drug-likeness (QED) is 0.234. The van der Waals surface area contributed by atoms with Crippen molar-refractivity contribution in [1.82, 2.24) is 0 Å². The highest BCUT2D eigenvalue weighted by Crippen LogP contribution is 2.11. The summed E-state index contributed by atoms with van der Waals surface area (Å²) in [5.41, 5.74) is -4.22. The summed E-state index contributed by atoms with van der Waals surface area (Å²) in [7, 11) is 0. The molecule has 0 aliphatic heterocycles. The van der Waals surface area contributed by atoms with Gasteiger partial charge in [0.2, 0.25) is 0 Å². The van der Waals surface area contributed by atoms with E-state index in [1.807, 2.05) is 0 Å². The summed E-state index contributed by atoms with van der Waals surface area (Å²) in [6.45, 7) is 0. The van der Waals surface area contributed by atoms with Crippen molar-refractivity contribution in [2.75, 3.05) is 0 Å². The van der Waals surface area contributed by atoms with Crippen LogP contribution < -0.4 is 0 Å². The zero-order valence-corrected chi connectivity index (χ0v) is 5.74. The van der Waals surface area contributed by atoms with Crippen LogP contribution in [0.4, 0.5) is 0 Å². The lowest BCUT2D eigenvalue weighted by Crippen LogP contribution is -2.59. The Hall–Kier alpha value is -2.26. The van der Waals surface area contributed by atoms with Gasteiger partial charge in [0.05, 0.1) is 0 Å². The highest BCUT2D eigenvalue weighted by atomic mass is 16.7. The maximum atomic E-state index is 10.1. The second kappa shape index (κ2) is 3.00. The molecule has 0 fully saturated rings. The lowest BCUT2D eigenvalue weighted by molar-refractivity contribution is -0.759. The minimum Gasteiger partial charge on any atom is -0.470 e. The molecule has 72 valence electrons. The van der Waals surface area contributed by atoms with Crippen LogP contribution in [0.3, 0.4) is 0 Å². The van der Waals surface area contributed by atoms with Crippen molar-refractivity contribution in [2.24, 2.45) is 0 Å². The first kappa shape index (κ1) is 10.7. The molecule has 0 saturated carbocycles. The van der Waals surface area contributed by atoms with E-state index in [1.54, 1.807) is 0 Å². The number of hydrogen-bond donors (Lipinski definition) is 2. The lowest BCUT2D eigenvalue weighted by atomic mass is 10.2. The summed E-state index contributed by atoms with van der Waals surface area (Å²) in [5, 5.41) is 36.0. The van der Waals surface area contributed by atoms with Gasteiger partial charge in [-0.3, -0.25) is 20.2 Å². The molecule has 0 aromatic carbocycles. The number of hydrogen-bond acceptors (Lipinski definition) is 6. The fourth-order valence-corrected chi connectivity index (χ4v) is 0.471. The van der Waals surface area contributed by atoms with Gasteiger partial charge in [0.15, 0.2) is 0 Å². The van der Waals surface area contributed by atoms with Gasteiger partial charge in [0.25, 0.3) is 0 Å². The topological polar surface area (TPSA) is 161 Å². The van der Waals surface area contributed by atoms with Crippen LogP contribution in [0.25, 0.3) is 0 Å². The van der Waals surface area contributed by atoms with Crippen molar-refractivity contribution in [3.05, 3.63) is 20.2 Å². The van der Waals surface area contributed by atoms with Crippen molar-refractivity contribution >= 4 is 11.9 Å². The van der Waals surface area contributed by atoms with Gasteiger partial charge in [0, 0.05) is 0 Å². The van der Waals surface area contributed by atoms with Gasteiger partial charge in [-0.2, -0.15) is 0 Å². The zero-order valence-electron chi connectivity index (χ0n) is 5.74. The molecule has 13 heavy (non-hydrogen) atoms. The predicted octanol–water partition coefficient (Wildman–Crippen LogP) is -1.59. The molecule has 0 aromatic rings. The first-order valence-corrected chi connectivity index (χ1v) is 2.53. The van der Waals surface area contributed by atoms with Gasteiger partial charge >= 0.3 is 17.6 Å². The Balaban J connectivity index is 5.60. The number of carboxylic acid groups (broad SMARTS) is 2. The number of nitro groups is 2. The number of rotatable bonds is 4. The van der Waals surface area contributed by atoms with E-state index in [-0.39, 0.29) is 0 Å². The summed E-state index contributed by atoms with van der Waals surface area (Å²) < 4.78 is 0. The summed E-state index contributed by atoms with van der Waals surface area (Å²) in [6, 6.07) is 0. The Labute approximate surface area is 68.7 Å². The molecule has 10 heteroatoms.